The molecule has 0 saturated heterocycles. The maximum Gasteiger partial charge on any atom is 0.296 e. The van der Waals surface area contributed by atoms with Gasteiger partial charge in [-0.1, -0.05) is 72.8 Å². The molecule has 4 rings (SSSR count). The van der Waals surface area contributed by atoms with Crippen molar-refractivity contribution in [2.75, 3.05) is 11.1 Å². The lowest BCUT2D eigenvalue weighted by atomic mass is 9.97. The number of hydrogen-bond acceptors (Lipinski definition) is 4. The molecule has 0 fully saturated rings. The summed E-state index contributed by atoms with van der Waals surface area (Å²) in [6.07, 6.45) is 0. The Balaban J connectivity index is 1.57. The van der Waals surface area contributed by atoms with Gasteiger partial charge in [0.25, 0.3) is 11.7 Å². The molecule has 0 unspecified atom stereocenters. The summed E-state index contributed by atoms with van der Waals surface area (Å²) >= 11 is 0. The second kappa shape index (κ2) is 9.28. The second-order valence-corrected chi connectivity index (χ2v) is 7.39. The predicted molar refractivity (Wildman–Crippen MR) is 128 cm³/mol. The minimum Gasteiger partial charge on any atom is -0.398 e. The van der Waals surface area contributed by atoms with Crippen molar-refractivity contribution in [1.29, 1.82) is 5.41 Å². The normalized spacial score (nSPS) is 10.5. The number of nitrogen functional groups attached to an aromatic ring is 1. The number of ketones is 1. The van der Waals surface area contributed by atoms with Crippen LogP contribution in [-0.2, 0) is 4.79 Å². The van der Waals surface area contributed by atoms with Gasteiger partial charge in [0.05, 0.1) is 5.71 Å². The molecule has 4 aromatic carbocycles. The number of benzene rings is 4. The fraction of sp³-hybridized carbons (Fsp3) is 0. The zero-order valence-electron chi connectivity index (χ0n) is 17.5. The van der Waals surface area contributed by atoms with Crippen molar-refractivity contribution >= 4 is 28.8 Å². The van der Waals surface area contributed by atoms with Crippen LogP contribution in [0.25, 0.3) is 11.1 Å². The molecule has 0 aliphatic carbocycles. The highest BCUT2D eigenvalue weighted by Crippen LogP contribution is 2.26. The van der Waals surface area contributed by atoms with Crippen molar-refractivity contribution in [2.45, 2.75) is 0 Å². The van der Waals surface area contributed by atoms with Gasteiger partial charge in [-0.05, 0) is 29.8 Å². The number of hydrogen-bond donors (Lipinski definition) is 3. The largest absolute Gasteiger partial charge is 0.398 e. The van der Waals surface area contributed by atoms with E-state index >= 15 is 0 Å². The quantitative estimate of drug-likeness (QED) is 0.165. The summed E-state index contributed by atoms with van der Waals surface area (Å²) in [4.78, 5) is 24.7. The number of halogens is 1. The highest BCUT2D eigenvalue weighted by molar-refractivity contribution is 6.46. The monoisotopic (exact) mass is 437 g/mol. The highest BCUT2D eigenvalue weighted by atomic mass is 19.1. The van der Waals surface area contributed by atoms with Crippen LogP contribution >= 0.6 is 0 Å². The first kappa shape index (κ1) is 21.6. The molecule has 0 bridgehead atoms. The number of anilines is 2. The van der Waals surface area contributed by atoms with E-state index in [0.29, 0.717) is 28.1 Å². The lowest BCUT2D eigenvalue weighted by Gasteiger charge is -2.12. The van der Waals surface area contributed by atoms with E-state index in [1.54, 1.807) is 48.5 Å². The Bertz CT molecular complexity index is 1350. The van der Waals surface area contributed by atoms with E-state index in [0.717, 1.165) is 5.56 Å². The Morgan fingerprint density at radius 2 is 1.45 bits per heavy atom. The molecule has 0 aromatic heterocycles. The van der Waals surface area contributed by atoms with E-state index in [-0.39, 0.29) is 11.3 Å². The van der Waals surface area contributed by atoms with Crippen LogP contribution in [0.1, 0.15) is 21.5 Å². The maximum atomic E-state index is 14.8. The minimum absolute atomic E-state index is 0.00324. The number of nitrogens with one attached hydrogen (secondary N) is 2. The second-order valence-electron chi connectivity index (χ2n) is 7.39. The number of carbonyl (C=O) groups excluding carboxylic acids is 2. The van der Waals surface area contributed by atoms with Crippen molar-refractivity contribution in [2.24, 2.45) is 0 Å². The van der Waals surface area contributed by atoms with Crippen molar-refractivity contribution < 1.29 is 14.0 Å². The summed E-state index contributed by atoms with van der Waals surface area (Å²) in [5, 5.41) is 11.1. The van der Waals surface area contributed by atoms with Crippen LogP contribution in [0.2, 0.25) is 0 Å². The maximum absolute atomic E-state index is 14.8. The molecule has 33 heavy (non-hydrogen) atoms. The molecule has 0 aliphatic rings. The van der Waals surface area contributed by atoms with Crippen molar-refractivity contribution in [3.8, 4) is 11.1 Å². The van der Waals surface area contributed by atoms with E-state index < -0.39 is 17.5 Å². The summed E-state index contributed by atoms with van der Waals surface area (Å²) in [5.74, 6) is -1.94. The van der Waals surface area contributed by atoms with E-state index in [9.17, 15) is 14.0 Å². The minimum atomic E-state index is -0.804. The van der Waals surface area contributed by atoms with Crippen molar-refractivity contribution in [3.63, 3.8) is 0 Å². The smallest absolute Gasteiger partial charge is 0.296 e. The third-order valence-electron chi connectivity index (χ3n) is 5.17. The SMILES string of the molecule is N=C(c1ccc(-c2ccccc2)c(F)c1)c1cc(NC(=O)C(=O)c2ccccc2)ccc1N. The van der Waals surface area contributed by atoms with Gasteiger partial charge in [-0.15, -0.1) is 0 Å². The van der Waals surface area contributed by atoms with Gasteiger partial charge in [0.2, 0.25) is 0 Å². The van der Waals surface area contributed by atoms with Crippen molar-refractivity contribution in [1.82, 2.24) is 0 Å². The Morgan fingerprint density at radius 3 is 2.12 bits per heavy atom. The van der Waals surface area contributed by atoms with E-state index in [1.165, 1.54) is 18.2 Å². The van der Waals surface area contributed by atoms with Crippen LogP contribution in [0.15, 0.2) is 97.1 Å². The zero-order valence-corrected chi connectivity index (χ0v) is 17.5. The van der Waals surface area contributed by atoms with E-state index in [4.69, 9.17) is 11.1 Å². The third-order valence-corrected chi connectivity index (χ3v) is 5.17. The molecule has 0 spiro atoms. The lowest BCUT2D eigenvalue weighted by Crippen LogP contribution is -2.23. The first-order valence-corrected chi connectivity index (χ1v) is 10.2. The van der Waals surface area contributed by atoms with Gasteiger partial charge < -0.3 is 11.1 Å². The standard InChI is InChI=1S/C27H20FN3O2/c28-23-15-19(11-13-21(23)17-7-3-1-4-8-17)25(30)22-16-20(12-14-24(22)29)31-27(33)26(32)18-9-5-2-6-10-18/h1-16,30H,29H2,(H,31,33). The first-order chi connectivity index (χ1) is 15.9. The van der Waals surface area contributed by atoms with Gasteiger partial charge in [-0.3, -0.25) is 15.0 Å². The Kier molecular flexibility index (Phi) is 6.09. The number of Topliss-reactive ketones (excluding diaryl/α,β-unsaturated/α-hetero) is 1. The van der Waals surface area contributed by atoms with Gasteiger partial charge in [-0.25, -0.2) is 4.39 Å². The summed E-state index contributed by atoms with van der Waals surface area (Å²) in [6, 6.07) is 26.5. The summed E-state index contributed by atoms with van der Waals surface area (Å²) in [5.41, 5.74) is 8.73. The first-order valence-electron chi connectivity index (χ1n) is 10.2. The Labute approximate surface area is 190 Å². The van der Waals surface area contributed by atoms with Crippen molar-refractivity contribution in [3.05, 3.63) is 120 Å². The fourth-order valence-electron chi connectivity index (χ4n) is 3.44. The molecule has 1 amide bonds. The molecular weight excluding hydrogens is 417 g/mol. The highest BCUT2D eigenvalue weighted by Gasteiger charge is 2.18. The topological polar surface area (TPSA) is 96.0 Å². The third kappa shape index (κ3) is 4.70. The molecule has 4 aromatic rings. The molecule has 0 aliphatic heterocycles. The number of amides is 1. The predicted octanol–water partition coefficient (Wildman–Crippen LogP) is 5.31. The van der Waals surface area contributed by atoms with E-state index in [1.807, 2.05) is 30.3 Å². The molecule has 6 heteroatoms. The molecule has 0 heterocycles. The summed E-state index contributed by atoms with van der Waals surface area (Å²) in [6.45, 7) is 0. The van der Waals surface area contributed by atoms with Crippen LogP contribution in [0.4, 0.5) is 15.8 Å². The van der Waals surface area contributed by atoms with Gasteiger partial charge in [0, 0.05) is 33.6 Å². The Hall–Kier alpha value is -4.58. The average Bonchev–Trinajstić information content (AvgIpc) is 2.85. The fourth-order valence-corrected chi connectivity index (χ4v) is 3.44. The summed E-state index contributed by atoms with van der Waals surface area (Å²) < 4.78 is 14.8. The molecule has 162 valence electrons. The molecule has 4 N–H and O–H groups in total. The number of carbonyl (C=O) groups is 2. The molecule has 5 nitrogen and oxygen atoms in total. The number of nitrogens with two attached hydrogens (primary N) is 1. The van der Waals surface area contributed by atoms with Crippen LogP contribution < -0.4 is 11.1 Å². The van der Waals surface area contributed by atoms with Gasteiger partial charge in [0.15, 0.2) is 0 Å². The Morgan fingerprint density at radius 1 is 0.788 bits per heavy atom. The van der Waals surface area contributed by atoms with Crippen LogP contribution in [0, 0.1) is 11.2 Å². The molecule has 0 atom stereocenters. The lowest BCUT2D eigenvalue weighted by molar-refractivity contribution is -0.112. The van der Waals surface area contributed by atoms with Crippen LogP contribution in [-0.4, -0.2) is 17.4 Å². The average molecular weight is 437 g/mol. The van der Waals surface area contributed by atoms with Gasteiger partial charge in [-0.2, -0.15) is 0 Å². The zero-order chi connectivity index (χ0) is 23.4. The molecule has 0 radical (unpaired) electrons. The van der Waals surface area contributed by atoms with Gasteiger partial charge in [0.1, 0.15) is 5.82 Å². The van der Waals surface area contributed by atoms with Gasteiger partial charge >= 0.3 is 0 Å². The van der Waals surface area contributed by atoms with Crippen LogP contribution in [0.3, 0.4) is 0 Å². The van der Waals surface area contributed by atoms with E-state index in [2.05, 4.69) is 5.32 Å². The summed E-state index contributed by atoms with van der Waals surface area (Å²) in [7, 11) is 0. The van der Waals surface area contributed by atoms with Crippen LogP contribution in [0.5, 0.6) is 0 Å². The number of rotatable bonds is 6. The molecule has 0 saturated carbocycles. The molecular formula is C27H20FN3O2.